The Kier molecular flexibility index (Phi) is 4.81. The van der Waals surface area contributed by atoms with Crippen LogP contribution in [0.25, 0.3) is 0 Å². The Morgan fingerprint density at radius 2 is 1.86 bits per heavy atom. The molecular weight excluding hydrogens is 354 g/mol. The van der Waals surface area contributed by atoms with Crippen molar-refractivity contribution in [1.29, 1.82) is 0 Å². The largest absolute Gasteiger partial charge is 0.497 e. The fraction of sp³-hybridized carbons (Fsp3) is 0.682. The number of morpholine rings is 1. The summed E-state index contributed by atoms with van der Waals surface area (Å²) in [6, 6.07) is 8.57. The number of piperazine rings is 1. The van der Waals surface area contributed by atoms with Gasteiger partial charge in [-0.05, 0) is 37.1 Å². The molecule has 5 rings (SSSR count). The van der Waals surface area contributed by atoms with E-state index in [2.05, 4.69) is 14.7 Å². The molecule has 3 aliphatic heterocycles. The Bertz CT molecular complexity index is 710. The van der Waals surface area contributed by atoms with Crippen LogP contribution in [0, 0.1) is 0 Å². The third-order valence-corrected chi connectivity index (χ3v) is 7.21. The van der Waals surface area contributed by atoms with Crippen molar-refractivity contribution in [2.24, 2.45) is 0 Å². The zero-order valence-corrected chi connectivity index (χ0v) is 16.8. The molecule has 1 aromatic rings. The predicted octanol–water partition coefficient (Wildman–Crippen LogP) is 1.85. The summed E-state index contributed by atoms with van der Waals surface area (Å²) in [5.41, 5.74) is 0.852. The average molecular weight is 386 g/mol. The van der Waals surface area contributed by atoms with E-state index in [9.17, 15) is 4.79 Å². The lowest BCUT2D eigenvalue weighted by atomic mass is 9.81. The highest BCUT2D eigenvalue weighted by Gasteiger charge is 2.56. The molecule has 1 aromatic carbocycles. The number of hydrogen-bond acceptors (Lipinski definition) is 5. The van der Waals surface area contributed by atoms with E-state index in [1.165, 1.54) is 25.7 Å². The number of carbonyl (C=O) groups is 1. The van der Waals surface area contributed by atoms with E-state index in [1.807, 2.05) is 24.3 Å². The number of hydrogen-bond donors (Lipinski definition) is 0. The zero-order valence-electron chi connectivity index (χ0n) is 16.8. The van der Waals surface area contributed by atoms with Gasteiger partial charge in [0.1, 0.15) is 5.75 Å². The highest BCUT2D eigenvalue weighted by molar-refractivity contribution is 5.94. The van der Waals surface area contributed by atoms with Gasteiger partial charge in [-0.3, -0.25) is 14.6 Å². The molecule has 3 heterocycles. The van der Waals surface area contributed by atoms with Crippen LogP contribution in [-0.2, 0) is 4.74 Å². The first-order valence-electron chi connectivity index (χ1n) is 10.7. The molecule has 1 aliphatic carbocycles. The maximum absolute atomic E-state index is 13.3. The third-order valence-electron chi connectivity index (χ3n) is 7.21. The Labute approximate surface area is 167 Å². The number of fused-ring (bicyclic) bond motifs is 2. The fourth-order valence-corrected chi connectivity index (χ4v) is 5.79. The smallest absolute Gasteiger partial charge is 0.253 e. The normalized spacial score (nSPS) is 28.2. The van der Waals surface area contributed by atoms with Gasteiger partial charge in [-0.25, -0.2) is 0 Å². The van der Waals surface area contributed by atoms with Crippen LogP contribution in [0.4, 0.5) is 0 Å². The molecule has 1 spiro atoms. The molecule has 0 bridgehead atoms. The first-order valence-corrected chi connectivity index (χ1v) is 10.7. The number of ether oxygens (including phenoxy) is 2. The Balaban J connectivity index is 1.34. The molecule has 0 N–H and O–H groups in total. The average Bonchev–Trinajstić information content (AvgIpc) is 3.25. The van der Waals surface area contributed by atoms with Crippen LogP contribution in [0.3, 0.4) is 0 Å². The third kappa shape index (κ3) is 3.11. The highest BCUT2D eigenvalue weighted by Crippen LogP contribution is 2.39. The molecule has 6 nitrogen and oxygen atoms in total. The molecule has 4 fully saturated rings. The first kappa shape index (κ1) is 18.4. The molecule has 1 saturated carbocycles. The highest BCUT2D eigenvalue weighted by atomic mass is 16.5. The minimum absolute atomic E-state index is 0.109. The van der Waals surface area contributed by atoms with E-state index in [1.54, 1.807) is 7.11 Å². The molecule has 3 saturated heterocycles. The number of methoxy groups -OCH3 is 1. The van der Waals surface area contributed by atoms with Gasteiger partial charge in [0.25, 0.3) is 5.91 Å². The summed E-state index contributed by atoms with van der Waals surface area (Å²) >= 11 is 0. The van der Waals surface area contributed by atoms with Gasteiger partial charge in [-0.1, -0.05) is 12.8 Å². The number of amides is 1. The monoisotopic (exact) mass is 385 g/mol. The fourth-order valence-electron chi connectivity index (χ4n) is 5.79. The molecule has 0 aromatic heterocycles. The van der Waals surface area contributed by atoms with E-state index in [-0.39, 0.29) is 11.4 Å². The van der Waals surface area contributed by atoms with Crippen LogP contribution in [-0.4, -0.2) is 91.3 Å². The molecule has 4 aliphatic rings. The van der Waals surface area contributed by atoms with Crippen LogP contribution < -0.4 is 4.74 Å². The van der Waals surface area contributed by atoms with Crippen molar-refractivity contribution >= 4 is 5.91 Å². The molecule has 1 amide bonds. The molecule has 28 heavy (non-hydrogen) atoms. The van der Waals surface area contributed by atoms with Gasteiger partial charge in [0.2, 0.25) is 0 Å². The van der Waals surface area contributed by atoms with Gasteiger partial charge >= 0.3 is 0 Å². The molecule has 1 atom stereocenters. The van der Waals surface area contributed by atoms with E-state index >= 15 is 0 Å². The van der Waals surface area contributed by atoms with E-state index in [0.717, 1.165) is 63.3 Å². The van der Waals surface area contributed by atoms with Crippen molar-refractivity contribution in [2.45, 2.75) is 43.3 Å². The predicted molar refractivity (Wildman–Crippen MR) is 107 cm³/mol. The van der Waals surface area contributed by atoms with Crippen molar-refractivity contribution in [3.63, 3.8) is 0 Å². The molecule has 152 valence electrons. The van der Waals surface area contributed by atoms with Crippen LogP contribution in [0.1, 0.15) is 36.0 Å². The second-order valence-electron chi connectivity index (χ2n) is 8.90. The minimum Gasteiger partial charge on any atom is -0.497 e. The van der Waals surface area contributed by atoms with Crippen molar-refractivity contribution in [2.75, 3.05) is 53.0 Å². The van der Waals surface area contributed by atoms with Gasteiger partial charge in [-0.2, -0.15) is 0 Å². The zero-order chi connectivity index (χ0) is 19.1. The van der Waals surface area contributed by atoms with Crippen LogP contribution in [0.15, 0.2) is 24.3 Å². The van der Waals surface area contributed by atoms with Crippen LogP contribution >= 0.6 is 0 Å². The molecule has 0 unspecified atom stereocenters. The van der Waals surface area contributed by atoms with Gasteiger partial charge in [0.05, 0.1) is 31.9 Å². The lowest BCUT2D eigenvalue weighted by Crippen LogP contribution is -2.81. The van der Waals surface area contributed by atoms with E-state index < -0.39 is 0 Å². The number of likely N-dealkylation sites (tertiary alicyclic amines) is 1. The van der Waals surface area contributed by atoms with Gasteiger partial charge in [0, 0.05) is 44.3 Å². The SMILES string of the molecule is COc1ccc(C(=O)N2C[C@@H]3COCCN3C3(C2)CN(C2CCCC2)C3)cc1. The molecule has 6 heteroatoms. The maximum atomic E-state index is 13.3. The summed E-state index contributed by atoms with van der Waals surface area (Å²) in [7, 11) is 1.65. The van der Waals surface area contributed by atoms with Crippen LogP contribution in [0.2, 0.25) is 0 Å². The number of benzene rings is 1. The number of carbonyl (C=O) groups excluding carboxylic acids is 1. The number of rotatable bonds is 3. The van der Waals surface area contributed by atoms with E-state index in [4.69, 9.17) is 9.47 Å². The molecular formula is C22H31N3O3. The second kappa shape index (κ2) is 7.32. The summed E-state index contributed by atoms with van der Waals surface area (Å²) in [5.74, 6) is 0.913. The number of nitrogens with zero attached hydrogens (tertiary/aromatic N) is 3. The lowest BCUT2D eigenvalue weighted by molar-refractivity contribution is -0.165. The summed E-state index contributed by atoms with van der Waals surface area (Å²) in [5, 5.41) is 0. The van der Waals surface area contributed by atoms with Crippen molar-refractivity contribution < 1.29 is 14.3 Å². The summed E-state index contributed by atoms with van der Waals surface area (Å²) in [6.07, 6.45) is 5.43. The topological polar surface area (TPSA) is 45.2 Å². The van der Waals surface area contributed by atoms with Gasteiger partial charge in [-0.15, -0.1) is 0 Å². The summed E-state index contributed by atoms with van der Waals surface area (Å²) in [4.78, 5) is 20.7. The van der Waals surface area contributed by atoms with Crippen molar-refractivity contribution in [3.05, 3.63) is 29.8 Å². The summed E-state index contributed by atoms with van der Waals surface area (Å²) in [6.45, 7) is 6.33. The summed E-state index contributed by atoms with van der Waals surface area (Å²) < 4.78 is 11.0. The maximum Gasteiger partial charge on any atom is 0.253 e. The first-order chi connectivity index (χ1) is 13.7. The lowest BCUT2D eigenvalue weighted by Gasteiger charge is -2.64. The standard InChI is InChI=1S/C22H31N3O3/c1-27-20-8-6-17(7-9-20)21(26)23-12-19-13-28-11-10-25(19)22(14-23)15-24(16-22)18-4-2-3-5-18/h6-9,18-19H,2-5,10-16H2,1H3/t19-/m1/s1. The van der Waals surface area contributed by atoms with Crippen LogP contribution in [0.5, 0.6) is 5.75 Å². The Morgan fingerprint density at radius 1 is 1.11 bits per heavy atom. The Morgan fingerprint density at radius 3 is 2.57 bits per heavy atom. The minimum atomic E-state index is 0.109. The van der Waals surface area contributed by atoms with Gasteiger partial charge in [0.15, 0.2) is 0 Å². The van der Waals surface area contributed by atoms with Crippen molar-refractivity contribution in [1.82, 2.24) is 14.7 Å². The quantitative estimate of drug-likeness (QED) is 0.795. The van der Waals surface area contributed by atoms with Gasteiger partial charge < -0.3 is 14.4 Å². The second-order valence-corrected chi connectivity index (χ2v) is 8.90. The molecule has 0 radical (unpaired) electrons. The van der Waals surface area contributed by atoms with E-state index in [0.29, 0.717) is 6.04 Å². The van der Waals surface area contributed by atoms with Crippen molar-refractivity contribution in [3.8, 4) is 5.75 Å². The Hall–Kier alpha value is -1.63.